The Kier molecular flexibility index (Phi) is 1.33. The highest BCUT2D eigenvalue weighted by atomic mass is 15.1. The Morgan fingerprint density at radius 3 is 2.57 bits per heavy atom. The third kappa shape index (κ3) is 0.942. The van der Waals surface area contributed by atoms with Crippen LogP contribution in [-0.2, 0) is 0 Å². The Labute approximate surface area is 45.3 Å². The lowest BCUT2D eigenvalue weighted by Gasteiger charge is -2.11. The summed E-state index contributed by atoms with van der Waals surface area (Å²) in [4.78, 5) is 1.90. The van der Waals surface area contributed by atoms with Crippen molar-refractivity contribution in [1.82, 2.24) is 4.90 Å². The molecule has 0 unspecified atom stereocenters. The molecular formula is C6H11N. The molecule has 0 spiro atoms. The Morgan fingerprint density at radius 2 is 2.43 bits per heavy atom. The summed E-state index contributed by atoms with van der Waals surface area (Å²) in [5, 5.41) is 0. The van der Waals surface area contributed by atoms with E-state index in [1.54, 1.807) is 0 Å². The molecular weight excluding hydrogens is 86.1 g/mol. The third-order valence-corrected chi connectivity index (χ3v) is 1.60. The second-order valence-corrected chi connectivity index (χ2v) is 2.23. The van der Waals surface area contributed by atoms with Crippen molar-refractivity contribution in [2.45, 2.75) is 25.8 Å². The first-order valence-electron chi connectivity index (χ1n) is 2.82. The topological polar surface area (TPSA) is 3.24 Å². The second-order valence-electron chi connectivity index (χ2n) is 2.23. The first-order chi connectivity index (χ1) is 3.30. The van der Waals surface area contributed by atoms with Crippen molar-refractivity contribution < 1.29 is 0 Å². The number of hydrogen-bond acceptors (Lipinski definition) is 1. The van der Waals surface area contributed by atoms with Gasteiger partial charge in [0.15, 0.2) is 0 Å². The van der Waals surface area contributed by atoms with Crippen LogP contribution in [0.15, 0.2) is 0 Å². The van der Waals surface area contributed by atoms with Crippen molar-refractivity contribution in [3.8, 4) is 0 Å². The van der Waals surface area contributed by atoms with Crippen molar-refractivity contribution >= 4 is 0 Å². The Bertz CT molecular complexity index is 53.2. The molecule has 0 bridgehead atoms. The van der Waals surface area contributed by atoms with Crippen molar-refractivity contribution in [1.29, 1.82) is 0 Å². The molecule has 1 aliphatic rings. The molecule has 1 atom stereocenters. The summed E-state index contributed by atoms with van der Waals surface area (Å²) in [6.07, 6.45) is 2.55. The van der Waals surface area contributed by atoms with Gasteiger partial charge in [0.25, 0.3) is 0 Å². The largest absolute Gasteiger partial charge is 0.294 e. The van der Waals surface area contributed by atoms with Crippen LogP contribution in [0.1, 0.15) is 19.8 Å². The van der Waals surface area contributed by atoms with Crippen LogP contribution >= 0.6 is 0 Å². The quantitative estimate of drug-likeness (QED) is 0.438. The Hall–Kier alpha value is -0.0400. The van der Waals surface area contributed by atoms with Crippen LogP contribution in [0.3, 0.4) is 0 Å². The maximum Gasteiger partial charge on any atom is 0.0441 e. The number of hydrogen-bond donors (Lipinski definition) is 0. The predicted octanol–water partition coefficient (Wildman–Crippen LogP) is 1.14. The summed E-state index contributed by atoms with van der Waals surface area (Å²) >= 11 is 0. The summed E-state index contributed by atoms with van der Waals surface area (Å²) in [6, 6.07) is 0.625. The molecule has 0 saturated carbocycles. The van der Waals surface area contributed by atoms with Gasteiger partial charge < -0.3 is 0 Å². The molecule has 0 aromatic rings. The maximum absolute atomic E-state index is 5.51. The lowest BCUT2D eigenvalue weighted by molar-refractivity contribution is 0.366. The molecule has 2 radical (unpaired) electrons. The third-order valence-electron chi connectivity index (χ3n) is 1.60. The SMILES string of the molecule is [CH]N1CCC[C@@H]1C. The van der Waals surface area contributed by atoms with Crippen LogP contribution in [0.25, 0.3) is 0 Å². The molecule has 1 nitrogen and oxygen atoms in total. The van der Waals surface area contributed by atoms with Gasteiger partial charge in [-0.25, -0.2) is 0 Å². The molecule has 1 saturated heterocycles. The summed E-state index contributed by atoms with van der Waals surface area (Å²) in [6.45, 7) is 3.24. The van der Waals surface area contributed by atoms with Crippen LogP contribution in [0, 0.1) is 7.05 Å². The fraction of sp³-hybridized carbons (Fsp3) is 0.833. The number of nitrogens with zero attached hydrogens (tertiary/aromatic N) is 1. The maximum atomic E-state index is 5.51. The van der Waals surface area contributed by atoms with Crippen LogP contribution in [0.5, 0.6) is 0 Å². The highest BCUT2D eigenvalue weighted by molar-refractivity contribution is 4.73. The highest BCUT2D eigenvalue weighted by Crippen LogP contribution is 2.13. The second kappa shape index (κ2) is 1.83. The minimum absolute atomic E-state index is 0.625. The van der Waals surface area contributed by atoms with Gasteiger partial charge >= 0.3 is 0 Å². The van der Waals surface area contributed by atoms with Crippen LogP contribution < -0.4 is 0 Å². The summed E-state index contributed by atoms with van der Waals surface area (Å²) < 4.78 is 0. The predicted molar refractivity (Wildman–Crippen MR) is 29.7 cm³/mol. The van der Waals surface area contributed by atoms with Crippen LogP contribution in [0.2, 0.25) is 0 Å². The van der Waals surface area contributed by atoms with Crippen LogP contribution in [-0.4, -0.2) is 17.5 Å². The minimum atomic E-state index is 0.625. The lowest BCUT2D eigenvalue weighted by Crippen LogP contribution is -2.18. The van der Waals surface area contributed by atoms with Gasteiger partial charge in [-0.2, -0.15) is 0 Å². The molecule has 0 aliphatic carbocycles. The minimum Gasteiger partial charge on any atom is -0.294 e. The van der Waals surface area contributed by atoms with E-state index >= 15 is 0 Å². The molecule has 40 valence electrons. The monoisotopic (exact) mass is 97.1 g/mol. The molecule has 0 N–H and O–H groups in total. The van der Waals surface area contributed by atoms with Gasteiger partial charge in [0.2, 0.25) is 0 Å². The molecule has 1 aliphatic heterocycles. The fourth-order valence-electron chi connectivity index (χ4n) is 0.955. The van der Waals surface area contributed by atoms with Gasteiger partial charge in [-0.05, 0) is 26.3 Å². The first kappa shape index (κ1) is 5.10. The van der Waals surface area contributed by atoms with E-state index in [-0.39, 0.29) is 0 Å². The first-order valence-corrected chi connectivity index (χ1v) is 2.82. The van der Waals surface area contributed by atoms with E-state index in [0.29, 0.717) is 6.04 Å². The molecule has 7 heavy (non-hydrogen) atoms. The fourth-order valence-corrected chi connectivity index (χ4v) is 0.955. The number of likely N-dealkylation sites (tertiary alicyclic amines) is 1. The van der Waals surface area contributed by atoms with Crippen molar-refractivity contribution in [2.24, 2.45) is 0 Å². The Morgan fingerprint density at radius 1 is 1.71 bits per heavy atom. The van der Waals surface area contributed by atoms with Crippen molar-refractivity contribution in [2.75, 3.05) is 6.54 Å². The summed E-state index contributed by atoms with van der Waals surface area (Å²) in [5.74, 6) is 0. The van der Waals surface area contributed by atoms with Gasteiger partial charge in [0.05, 0.1) is 0 Å². The number of rotatable bonds is 0. The van der Waals surface area contributed by atoms with Crippen LogP contribution in [0.4, 0.5) is 0 Å². The van der Waals surface area contributed by atoms with Gasteiger partial charge in [-0.1, -0.05) is 0 Å². The van der Waals surface area contributed by atoms with E-state index in [1.807, 2.05) is 4.90 Å². The lowest BCUT2D eigenvalue weighted by atomic mass is 10.3. The van der Waals surface area contributed by atoms with Crippen molar-refractivity contribution in [3.63, 3.8) is 0 Å². The summed E-state index contributed by atoms with van der Waals surface area (Å²) in [7, 11) is 5.51. The smallest absolute Gasteiger partial charge is 0.0441 e. The van der Waals surface area contributed by atoms with Gasteiger partial charge in [-0.3, -0.25) is 4.90 Å². The average molecular weight is 97.2 g/mol. The van der Waals surface area contributed by atoms with Gasteiger partial charge in [-0.15, -0.1) is 0 Å². The normalized spacial score (nSPS) is 34.3. The van der Waals surface area contributed by atoms with E-state index in [2.05, 4.69) is 6.92 Å². The average Bonchev–Trinajstić information content (AvgIpc) is 1.91. The molecule has 1 rings (SSSR count). The van der Waals surface area contributed by atoms with Gasteiger partial charge in [0, 0.05) is 13.1 Å². The molecule has 1 heterocycles. The molecule has 0 aromatic heterocycles. The zero-order chi connectivity index (χ0) is 5.28. The van der Waals surface area contributed by atoms with Crippen molar-refractivity contribution in [3.05, 3.63) is 7.05 Å². The Balaban J connectivity index is 2.33. The molecule has 0 aromatic carbocycles. The molecule has 1 heteroatoms. The van der Waals surface area contributed by atoms with E-state index in [1.165, 1.54) is 12.8 Å². The van der Waals surface area contributed by atoms with E-state index in [0.717, 1.165) is 6.54 Å². The van der Waals surface area contributed by atoms with E-state index in [4.69, 9.17) is 7.05 Å². The summed E-state index contributed by atoms with van der Waals surface area (Å²) in [5.41, 5.74) is 0. The zero-order valence-corrected chi connectivity index (χ0v) is 4.72. The highest BCUT2D eigenvalue weighted by Gasteiger charge is 2.14. The van der Waals surface area contributed by atoms with Gasteiger partial charge in [0.1, 0.15) is 0 Å². The molecule has 1 fully saturated rings. The standard InChI is InChI=1S/C6H11N/c1-6-4-3-5-7(6)2/h2,6H,3-5H2,1H3/t6-/m0/s1. The molecule has 0 amide bonds. The van der Waals surface area contributed by atoms with E-state index < -0.39 is 0 Å². The zero-order valence-electron chi connectivity index (χ0n) is 4.72. The van der Waals surface area contributed by atoms with E-state index in [9.17, 15) is 0 Å².